The van der Waals surface area contributed by atoms with Gasteiger partial charge in [-0.1, -0.05) is 6.07 Å². The summed E-state index contributed by atoms with van der Waals surface area (Å²) in [5, 5.41) is 14.2. The lowest BCUT2D eigenvalue weighted by Gasteiger charge is -2.09. The summed E-state index contributed by atoms with van der Waals surface area (Å²) in [5.41, 5.74) is 1.86. The molecule has 0 aromatic heterocycles. The zero-order chi connectivity index (χ0) is 14.1. The maximum absolute atomic E-state index is 11.7. The Balaban J connectivity index is 2.25. The minimum atomic E-state index is -0.200. The zero-order valence-corrected chi connectivity index (χ0v) is 13.3. The van der Waals surface area contributed by atoms with Crippen LogP contribution in [0, 0.1) is 6.92 Å². The highest BCUT2D eigenvalue weighted by molar-refractivity contribution is 9.10. The van der Waals surface area contributed by atoms with E-state index in [1.54, 1.807) is 11.8 Å². The van der Waals surface area contributed by atoms with Crippen molar-refractivity contribution in [1.82, 2.24) is 5.32 Å². The topological polar surface area (TPSA) is 61.4 Å². The molecule has 2 amide bonds. The number of anilines is 1. The molecule has 0 atom stereocenters. The van der Waals surface area contributed by atoms with E-state index in [2.05, 4.69) is 26.6 Å². The first-order chi connectivity index (χ1) is 9.13. The number of carbonyl (C=O) groups is 1. The number of aliphatic hydroxyl groups is 1. The summed E-state index contributed by atoms with van der Waals surface area (Å²) in [5.74, 6) is 1.77. The number of aryl methyl sites for hydroxylation is 1. The molecule has 19 heavy (non-hydrogen) atoms. The molecular formula is C13H19BrN2O2S. The molecule has 3 N–H and O–H groups in total. The van der Waals surface area contributed by atoms with E-state index in [0.29, 0.717) is 6.54 Å². The Morgan fingerprint density at radius 1 is 1.42 bits per heavy atom. The monoisotopic (exact) mass is 346 g/mol. The molecule has 0 fully saturated rings. The Kier molecular flexibility index (Phi) is 7.93. The van der Waals surface area contributed by atoms with Crippen molar-refractivity contribution < 1.29 is 9.90 Å². The molecule has 0 aliphatic rings. The average Bonchev–Trinajstić information content (AvgIpc) is 2.38. The van der Waals surface area contributed by atoms with Gasteiger partial charge in [0.15, 0.2) is 0 Å². The fourth-order valence-corrected chi connectivity index (χ4v) is 2.54. The van der Waals surface area contributed by atoms with Gasteiger partial charge in [0.2, 0.25) is 0 Å². The maximum Gasteiger partial charge on any atom is 0.319 e. The van der Waals surface area contributed by atoms with Gasteiger partial charge in [-0.15, -0.1) is 0 Å². The second-order valence-corrected chi connectivity index (χ2v) is 6.13. The van der Waals surface area contributed by atoms with Crippen LogP contribution in [0.2, 0.25) is 0 Å². The van der Waals surface area contributed by atoms with E-state index < -0.39 is 0 Å². The van der Waals surface area contributed by atoms with Gasteiger partial charge in [0, 0.05) is 23.4 Å². The normalized spacial score (nSPS) is 10.3. The van der Waals surface area contributed by atoms with Crippen LogP contribution in [0.3, 0.4) is 0 Å². The molecule has 0 aliphatic heterocycles. The summed E-state index contributed by atoms with van der Waals surface area (Å²) < 4.78 is 0.866. The van der Waals surface area contributed by atoms with Crippen molar-refractivity contribution in [1.29, 1.82) is 0 Å². The molecule has 1 aromatic rings. The van der Waals surface area contributed by atoms with Crippen LogP contribution in [0.4, 0.5) is 10.5 Å². The highest BCUT2D eigenvalue weighted by Gasteiger charge is 2.04. The van der Waals surface area contributed by atoms with E-state index in [1.165, 1.54) is 0 Å². The SMILES string of the molecule is Cc1ccc(Br)c(NC(=O)NCCSCCCO)c1. The number of hydrogen-bond donors (Lipinski definition) is 3. The van der Waals surface area contributed by atoms with Crippen LogP contribution in [0.5, 0.6) is 0 Å². The third kappa shape index (κ3) is 6.84. The smallest absolute Gasteiger partial charge is 0.319 e. The summed E-state index contributed by atoms with van der Waals surface area (Å²) in [4.78, 5) is 11.7. The van der Waals surface area contributed by atoms with Crippen LogP contribution < -0.4 is 10.6 Å². The van der Waals surface area contributed by atoms with Gasteiger partial charge < -0.3 is 15.7 Å². The van der Waals surface area contributed by atoms with Gasteiger partial charge in [-0.25, -0.2) is 4.79 Å². The van der Waals surface area contributed by atoms with Crippen molar-refractivity contribution in [3.63, 3.8) is 0 Å². The quantitative estimate of drug-likeness (QED) is 0.665. The summed E-state index contributed by atoms with van der Waals surface area (Å²) in [7, 11) is 0. The predicted octanol–water partition coefficient (Wildman–Crippen LogP) is 2.99. The Bertz CT molecular complexity index is 416. The summed E-state index contributed by atoms with van der Waals surface area (Å²) in [6.07, 6.45) is 0.799. The minimum Gasteiger partial charge on any atom is -0.396 e. The van der Waals surface area contributed by atoms with Gasteiger partial charge in [0.25, 0.3) is 0 Å². The van der Waals surface area contributed by atoms with Gasteiger partial charge >= 0.3 is 6.03 Å². The van der Waals surface area contributed by atoms with Crippen LogP contribution in [-0.4, -0.2) is 35.8 Å². The van der Waals surface area contributed by atoms with Gasteiger partial charge in [0.1, 0.15) is 0 Å². The third-order valence-electron chi connectivity index (χ3n) is 2.35. The highest BCUT2D eigenvalue weighted by Crippen LogP contribution is 2.23. The predicted molar refractivity (Wildman–Crippen MR) is 84.9 cm³/mol. The second-order valence-electron chi connectivity index (χ2n) is 4.05. The Labute approximate surface area is 126 Å². The van der Waals surface area contributed by atoms with Gasteiger partial charge in [-0.3, -0.25) is 0 Å². The molecule has 0 unspecified atom stereocenters. The van der Waals surface area contributed by atoms with Crippen LogP contribution in [0.15, 0.2) is 22.7 Å². The number of nitrogens with one attached hydrogen (secondary N) is 2. The number of urea groups is 1. The molecule has 0 saturated heterocycles. The molecule has 0 spiro atoms. The van der Waals surface area contributed by atoms with Crippen LogP contribution >= 0.6 is 27.7 Å². The van der Waals surface area contributed by atoms with Crippen molar-refractivity contribution >= 4 is 39.4 Å². The minimum absolute atomic E-state index is 0.200. The number of benzene rings is 1. The molecule has 6 heteroatoms. The van der Waals surface area contributed by atoms with Crippen molar-refractivity contribution in [2.75, 3.05) is 30.0 Å². The molecule has 106 valence electrons. The van der Waals surface area contributed by atoms with Gasteiger partial charge in [0.05, 0.1) is 5.69 Å². The van der Waals surface area contributed by atoms with E-state index in [0.717, 1.165) is 33.7 Å². The van der Waals surface area contributed by atoms with Crippen molar-refractivity contribution in [3.8, 4) is 0 Å². The molecule has 0 radical (unpaired) electrons. The van der Waals surface area contributed by atoms with Crippen molar-refractivity contribution in [2.24, 2.45) is 0 Å². The summed E-state index contributed by atoms with van der Waals surface area (Å²) >= 11 is 5.12. The van der Waals surface area contributed by atoms with Crippen molar-refractivity contribution in [3.05, 3.63) is 28.2 Å². The van der Waals surface area contributed by atoms with E-state index >= 15 is 0 Å². The van der Waals surface area contributed by atoms with E-state index in [9.17, 15) is 4.79 Å². The largest absolute Gasteiger partial charge is 0.396 e. The van der Waals surface area contributed by atoms with E-state index in [-0.39, 0.29) is 12.6 Å². The number of thioether (sulfide) groups is 1. The lowest BCUT2D eigenvalue weighted by molar-refractivity contribution is 0.252. The summed E-state index contributed by atoms with van der Waals surface area (Å²) in [6, 6.07) is 5.61. The first kappa shape index (κ1) is 16.3. The van der Waals surface area contributed by atoms with E-state index in [1.807, 2.05) is 25.1 Å². The lowest BCUT2D eigenvalue weighted by Crippen LogP contribution is -2.30. The molecule has 0 aliphatic carbocycles. The average molecular weight is 347 g/mol. The lowest BCUT2D eigenvalue weighted by atomic mass is 10.2. The number of halogens is 1. The van der Waals surface area contributed by atoms with Crippen LogP contribution in [0.25, 0.3) is 0 Å². The third-order valence-corrected chi connectivity index (χ3v) is 4.11. The number of amides is 2. The van der Waals surface area contributed by atoms with Crippen LogP contribution in [0.1, 0.15) is 12.0 Å². The first-order valence-corrected chi connectivity index (χ1v) is 8.08. The van der Waals surface area contributed by atoms with Crippen LogP contribution in [-0.2, 0) is 0 Å². The fourth-order valence-electron chi connectivity index (χ4n) is 1.41. The van der Waals surface area contributed by atoms with E-state index in [4.69, 9.17) is 5.11 Å². The standard InChI is InChI=1S/C13H19BrN2O2S/c1-10-3-4-11(14)12(9-10)16-13(18)15-5-8-19-7-2-6-17/h3-4,9,17H,2,5-8H2,1H3,(H2,15,16,18). The summed E-state index contributed by atoms with van der Waals surface area (Å²) in [6.45, 7) is 2.82. The Morgan fingerprint density at radius 2 is 2.21 bits per heavy atom. The number of hydrogen-bond acceptors (Lipinski definition) is 3. The number of rotatable bonds is 7. The Morgan fingerprint density at radius 3 is 2.95 bits per heavy atom. The molecule has 1 rings (SSSR count). The number of carbonyl (C=O) groups excluding carboxylic acids is 1. The first-order valence-electron chi connectivity index (χ1n) is 6.13. The van der Waals surface area contributed by atoms with Gasteiger partial charge in [-0.05, 0) is 52.7 Å². The second kappa shape index (κ2) is 9.23. The molecule has 0 bridgehead atoms. The van der Waals surface area contributed by atoms with Gasteiger partial charge in [-0.2, -0.15) is 11.8 Å². The molecule has 4 nitrogen and oxygen atoms in total. The maximum atomic E-state index is 11.7. The molecule has 1 aromatic carbocycles. The fraction of sp³-hybridized carbons (Fsp3) is 0.462. The number of aliphatic hydroxyl groups excluding tert-OH is 1. The molecular weight excluding hydrogens is 328 g/mol. The Hall–Kier alpha value is -0.720. The molecule has 0 heterocycles. The zero-order valence-electron chi connectivity index (χ0n) is 10.9. The highest BCUT2D eigenvalue weighted by atomic mass is 79.9. The molecule has 0 saturated carbocycles. The van der Waals surface area contributed by atoms with Crippen molar-refractivity contribution in [2.45, 2.75) is 13.3 Å².